The molecule has 148 valence electrons. The van der Waals surface area contributed by atoms with Gasteiger partial charge in [-0.1, -0.05) is 24.3 Å². The molecule has 2 amide bonds. The summed E-state index contributed by atoms with van der Waals surface area (Å²) < 4.78 is 0. The van der Waals surface area contributed by atoms with Gasteiger partial charge in [-0.25, -0.2) is 0 Å². The molecule has 1 N–H and O–H groups in total. The number of nitrogens with one attached hydrogen (secondary N) is 1. The smallest absolute Gasteiger partial charge is 0.243 e. The third-order valence-electron chi connectivity index (χ3n) is 4.87. The van der Waals surface area contributed by atoms with Crippen LogP contribution in [-0.2, 0) is 9.59 Å². The van der Waals surface area contributed by atoms with Crippen LogP contribution in [0.2, 0.25) is 0 Å². The summed E-state index contributed by atoms with van der Waals surface area (Å²) >= 11 is 0. The van der Waals surface area contributed by atoms with Crippen molar-refractivity contribution in [3.05, 3.63) is 64.2 Å². The normalized spacial score (nSPS) is 10.5. The molecule has 0 aromatic heterocycles. The number of ketones is 1. The third kappa shape index (κ3) is 5.78. The van der Waals surface area contributed by atoms with E-state index < -0.39 is 0 Å². The average molecular weight is 380 g/mol. The molecule has 0 saturated heterocycles. The minimum Gasteiger partial charge on any atom is -0.336 e. The third-order valence-corrected chi connectivity index (χ3v) is 4.87. The Hall–Kier alpha value is -2.95. The number of nitrogens with zero attached hydrogens (tertiary/aromatic N) is 1. The Balaban J connectivity index is 1.86. The van der Waals surface area contributed by atoms with Gasteiger partial charge >= 0.3 is 0 Å². The predicted octanol–water partition coefficient (Wildman–Crippen LogP) is 3.98. The Kier molecular flexibility index (Phi) is 7.10. The lowest BCUT2D eigenvalue weighted by Gasteiger charge is -2.17. The van der Waals surface area contributed by atoms with Crippen LogP contribution in [0.25, 0.3) is 0 Å². The van der Waals surface area contributed by atoms with Crippen molar-refractivity contribution in [2.24, 2.45) is 0 Å². The van der Waals surface area contributed by atoms with Gasteiger partial charge in [-0.05, 0) is 62.1 Å². The van der Waals surface area contributed by atoms with Gasteiger partial charge in [0, 0.05) is 31.1 Å². The van der Waals surface area contributed by atoms with Gasteiger partial charge in [0.2, 0.25) is 11.8 Å². The van der Waals surface area contributed by atoms with Crippen LogP contribution in [-0.4, -0.2) is 36.1 Å². The fraction of sp³-hybridized carbons (Fsp3) is 0.348. The molecule has 0 atom stereocenters. The molecule has 0 aliphatic rings. The van der Waals surface area contributed by atoms with Crippen LogP contribution in [0.15, 0.2) is 36.4 Å². The predicted molar refractivity (Wildman–Crippen MR) is 112 cm³/mol. The lowest BCUT2D eigenvalue weighted by Crippen LogP contribution is -2.35. The van der Waals surface area contributed by atoms with Crippen LogP contribution in [0.3, 0.4) is 0 Å². The van der Waals surface area contributed by atoms with E-state index in [0.29, 0.717) is 5.56 Å². The van der Waals surface area contributed by atoms with Crippen molar-refractivity contribution in [1.29, 1.82) is 0 Å². The molecule has 5 heteroatoms. The fourth-order valence-electron chi connectivity index (χ4n) is 2.83. The van der Waals surface area contributed by atoms with E-state index in [2.05, 4.69) is 5.32 Å². The van der Waals surface area contributed by atoms with E-state index in [1.54, 1.807) is 13.1 Å². The van der Waals surface area contributed by atoms with Gasteiger partial charge in [0.1, 0.15) is 0 Å². The number of Topliss-reactive ketones (excluding diaryl/α,β-unsaturated/α-hetero) is 1. The summed E-state index contributed by atoms with van der Waals surface area (Å²) in [7, 11) is 1.57. The standard InChI is InChI=1S/C23H28N2O3/c1-15-6-7-17(3)20(12-15)24-22(27)14-25(5)23(28)11-10-21(26)19-9-8-16(2)18(4)13-19/h6-9,12-13H,10-11,14H2,1-5H3,(H,24,27). The van der Waals surface area contributed by atoms with Crippen molar-refractivity contribution in [3.8, 4) is 0 Å². The Labute approximate surface area is 166 Å². The number of carbonyl (C=O) groups excluding carboxylic acids is 3. The fourth-order valence-corrected chi connectivity index (χ4v) is 2.83. The van der Waals surface area contributed by atoms with Crippen LogP contribution in [0.5, 0.6) is 0 Å². The molecular formula is C23H28N2O3. The average Bonchev–Trinajstić information content (AvgIpc) is 2.64. The first kappa shape index (κ1) is 21.4. The molecule has 0 saturated carbocycles. The minimum absolute atomic E-state index is 0.0515. The van der Waals surface area contributed by atoms with E-state index in [1.165, 1.54) is 4.90 Å². The van der Waals surface area contributed by atoms with Gasteiger partial charge in [-0.3, -0.25) is 14.4 Å². The number of anilines is 1. The van der Waals surface area contributed by atoms with Crippen LogP contribution in [0.4, 0.5) is 5.69 Å². The molecule has 0 heterocycles. The summed E-state index contributed by atoms with van der Waals surface area (Å²) in [5.74, 6) is -0.553. The van der Waals surface area contributed by atoms with E-state index in [-0.39, 0.29) is 37.0 Å². The number of likely N-dealkylation sites (N-methyl/N-ethyl adjacent to an activating group) is 1. The summed E-state index contributed by atoms with van der Waals surface area (Å²) in [6.45, 7) is 7.77. The van der Waals surface area contributed by atoms with E-state index in [9.17, 15) is 14.4 Å². The van der Waals surface area contributed by atoms with E-state index in [4.69, 9.17) is 0 Å². The summed E-state index contributed by atoms with van der Waals surface area (Å²) in [4.78, 5) is 38.2. The molecule has 28 heavy (non-hydrogen) atoms. The van der Waals surface area contributed by atoms with Gasteiger partial charge in [0.15, 0.2) is 5.78 Å². The summed E-state index contributed by atoms with van der Waals surface area (Å²) in [6.07, 6.45) is 0.212. The number of rotatable bonds is 7. The molecule has 5 nitrogen and oxygen atoms in total. The molecule has 0 radical (unpaired) electrons. The number of carbonyl (C=O) groups is 3. The number of aryl methyl sites for hydroxylation is 4. The SMILES string of the molecule is Cc1ccc(C)c(NC(=O)CN(C)C(=O)CCC(=O)c2ccc(C)c(C)c2)c1. The van der Waals surface area contributed by atoms with Crippen molar-refractivity contribution in [1.82, 2.24) is 4.90 Å². The first-order valence-electron chi connectivity index (χ1n) is 9.39. The lowest BCUT2D eigenvalue weighted by molar-refractivity contribution is -0.133. The Morgan fingerprint density at radius 1 is 0.857 bits per heavy atom. The van der Waals surface area contributed by atoms with Gasteiger partial charge in [0.05, 0.1) is 6.54 Å². The number of amides is 2. The second kappa shape index (κ2) is 9.31. The molecule has 0 spiro atoms. The second-order valence-corrected chi connectivity index (χ2v) is 7.34. The number of hydrogen-bond donors (Lipinski definition) is 1. The van der Waals surface area contributed by atoms with Crippen LogP contribution >= 0.6 is 0 Å². The minimum atomic E-state index is -0.259. The molecular weight excluding hydrogens is 352 g/mol. The maximum absolute atomic E-state index is 12.3. The molecule has 0 aliphatic carbocycles. The van der Waals surface area contributed by atoms with Gasteiger partial charge in [-0.15, -0.1) is 0 Å². The first-order valence-corrected chi connectivity index (χ1v) is 9.39. The van der Waals surface area contributed by atoms with Crippen molar-refractivity contribution in [3.63, 3.8) is 0 Å². The quantitative estimate of drug-likeness (QED) is 0.739. The zero-order valence-corrected chi connectivity index (χ0v) is 17.3. The second-order valence-electron chi connectivity index (χ2n) is 7.34. The van der Waals surface area contributed by atoms with Crippen molar-refractivity contribution in [2.45, 2.75) is 40.5 Å². The van der Waals surface area contributed by atoms with Gasteiger partial charge in [0.25, 0.3) is 0 Å². The van der Waals surface area contributed by atoms with E-state index in [1.807, 2.05) is 58.0 Å². The molecule has 0 unspecified atom stereocenters. The highest BCUT2D eigenvalue weighted by molar-refractivity contribution is 5.99. The molecule has 0 bridgehead atoms. The number of benzene rings is 2. The van der Waals surface area contributed by atoms with Crippen molar-refractivity contribution >= 4 is 23.3 Å². The van der Waals surface area contributed by atoms with Crippen LogP contribution in [0, 0.1) is 27.7 Å². The molecule has 0 aliphatic heterocycles. The molecule has 2 aromatic rings. The summed E-state index contributed by atoms with van der Waals surface area (Å²) in [5, 5.41) is 2.84. The van der Waals surface area contributed by atoms with E-state index >= 15 is 0 Å². The van der Waals surface area contributed by atoms with Gasteiger partial charge in [-0.2, -0.15) is 0 Å². The highest BCUT2D eigenvalue weighted by Crippen LogP contribution is 2.16. The van der Waals surface area contributed by atoms with Crippen molar-refractivity contribution < 1.29 is 14.4 Å². The Morgan fingerprint density at radius 2 is 1.54 bits per heavy atom. The van der Waals surface area contributed by atoms with E-state index in [0.717, 1.165) is 27.9 Å². The topological polar surface area (TPSA) is 66.5 Å². The molecule has 0 fully saturated rings. The largest absolute Gasteiger partial charge is 0.336 e. The van der Waals surface area contributed by atoms with Gasteiger partial charge < -0.3 is 10.2 Å². The van der Waals surface area contributed by atoms with Crippen LogP contribution in [0.1, 0.15) is 45.5 Å². The zero-order chi connectivity index (χ0) is 20.8. The highest BCUT2D eigenvalue weighted by Gasteiger charge is 2.16. The first-order chi connectivity index (χ1) is 13.2. The van der Waals surface area contributed by atoms with Crippen LogP contribution < -0.4 is 5.32 Å². The Morgan fingerprint density at radius 3 is 2.21 bits per heavy atom. The maximum Gasteiger partial charge on any atom is 0.243 e. The molecule has 2 rings (SSSR count). The number of hydrogen-bond acceptors (Lipinski definition) is 3. The lowest BCUT2D eigenvalue weighted by atomic mass is 10.0. The molecule has 2 aromatic carbocycles. The maximum atomic E-state index is 12.3. The highest BCUT2D eigenvalue weighted by atomic mass is 16.2. The van der Waals surface area contributed by atoms with Crippen molar-refractivity contribution in [2.75, 3.05) is 18.9 Å². The zero-order valence-electron chi connectivity index (χ0n) is 17.3. The Bertz CT molecular complexity index is 903. The summed E-state index contributed by atoms with van der Waals surface area (Å²) in [5.41, 5.74) is 5.56. The summed E-state index contributed by atoms with van der Waals surface area (Å²) in [6, 6.07) is 11.4. The monoisotopic (exact) mass is 380 g/mol.